The molecule has 0 radical (unpaired) electrons. The maximum absolute atomic E-state index is 12.9. The molecule has 0 amide bonds. The molecule has 0 saturated heterocycles. The Morgan fingerprint density at radius 2 is 1.62 bits per heavy atom. The van der Waals surface area contributed by atoms with Crippen molar-refractivity contribution in [2.45, 2.75) is 4.90 Å². The van der Waals surface area contributed by atoms with E-state index in [0.717, 1.165) is 0 Å². The first-order valence-electron chi connectivity index (χ1n) is 9.46. The Balaban J connectivity index is 1.77. The fourth-order valence-corrected chi connectivity index (χ4v) is 4.42. The van der Waals surface area contributed by atoms with E-state index in [0.29, 0.717) is 51.2 Å². The Morgan fingerprint density at radius 3 is 2.31 bits per heavy atom. The minimum atomic E-state index is -3.90. The molecule has 170 valence electrons. The number of hydrogen-bond donors (Lipinski definition) is 1. The summed E-state index contributed by atoms with van der Waals surface area (Å²) in [6.45, 7) is 1.10. The third kappa shape index (κ3) is 6.92. The van der Waals surface area contributed by atoms with Crippen molar-refractivity contribution in [2.24, 2.45) is 0 Å². The van der Waals surface area contributed by atoms with Crippen molar-refractivity contribution < 1.29 is 17.9 Å². The molecule has 0 atom stereocenters. The Labute approximate surface area is 202 Å². The fourth-order valence-electron chi connectivity index (χ4n) is 2.66. The van der Waals surface area contributed by atoms with E-state index in [1.54, 1.807) is 48.5 Å². The summed E-state index contributed by atoms with van der Waals surface area (Å²) in [4.78, 5) is 1.99. The maximum atomic E-state index is 12.9. The van der Waals surface area contributed by atoms with Crippen LogP contribution in [0.25, 0.3) is 0 Å². The van der Waals surface area contributed by atoms with Crippen molar-refractivity contribution >= 4 is 50.5 Å². The molecule has 10 heteroatoms. The minimum Gasteiger partial charge on any atom is -0.491 e. The van der Waals surface area contributed by atoms with Gasteiger partial charge in [-0.3, -0.25) is 4.72 Å². The quantitative estimate of drug-likeness (QED) is 0.368. The van der Waals surface area contributed by atoms with Crippen molar-refractivity contribution in [3.63, 3.8) is 0 Å². The monoisotopic (exact) mass is 514 g/mol. The molecule has 32 heavy (non-hydrogen) atoms. The zero-order valence-corrected chi connectivity index (χ0v) is 20.4. The SMILES string of the molecule is CN(C)CCOc1cc(NS(=O)(=O)c2cccc(Oc3cc(Cl)cc(Cl)c3)c2)ccc1Cl. The van der Waals surface area contributed by atoms with Gasteiger partial charge in [0, 0.05) is 28.7 Å². The van der Waals surface area contributed by atoms with Gasteiger partial charge >= 0.3 is 0 Å². The second kappa shape index (κ2) is 10.6. The largest absolute Gasteiger partial charge is 0.491 e. The summed E-state index contributed by atoms with van der Waals surface area (Å²) in [5.74, 6) is 1.10. The summed E-state index contributed by atoms with van der Waals surface area (Å²) in [6, 6.07) is 15.5. The van der Waals surface area contributed by atoms with Crippen LogP contribution in [0.15, 0.2) is 65.6 Å². The highest BCUT2D eigenvalue weighted by molar-refractivity contribution is 7.92. The van der Waals surface area contributed by atoms with Gasteiger partial charge in [-0.2, -0.15) is 0 Å². The highest BCUT2D eigenvalue weighted by Gasteiger charge is 2.16. The van der Waals surface area contributed by atoms with Gasteiger partial charge in [0.05, 0.1) is 15.6 Å². The number of benzene rings is 3. The van der Waals surface area contributed by atoms with E-state index < -0.39 is 10.0 Å². The average Bonchev–Trinajstić information content (AvgIpc) is 2.69. The molecule has 0 aliphatic carbocycles. The van der Waals surface area contributed by atoms with Gasteiger partial charge in [-0.1, -0.05) is 40.9 Å². The lowest BCUT2D eigenvalue weighted by Gasteiger charge is -2.14. The first kappa shape index (κ1) is 24.5. The summed E-state index contributed by atoms with van der Waals surface area (Å²) in [5.41, 5.74) is 0.321. The molecule has 0 heterocycles. The molecule has 0 bridgehead atoms. The molecular weight excluding hydrogens is 495 g/mol. The molecule has 0 aromatic heterocycles. The van der Waals surface area contributed by atoms with Crippen LogP contribution in [-0.4, -0.2) is 40.6 Å². The van der Waals surface area contributed by atoms with Gasteiger partial charge in [-0.15, -0.1) is 0 Å². The topological polar surface area (TPSA) is 67.9 Å². The molecule has 3 aromatic rings. The standard InChI is InChI=1S/C22H21Cl3N2O4S/c1-27(2)8-9-30-22-13-17(6-7-21(22)25)26-32(28,29)20-5-3-4-18(14-20)31-19-11-15(23)10-16(24)12-19/h3-7,10-14,26H,8-9H2,1-2H3. The van der Waals surface area contributed by atoms with Gasteiger partial charge < -0.3 is 14.4 Å². The molecule has 3 rings (SSSR count). The first-order valence-corrected chi connectivity index (χ1v) is 12.1. The first-order chi connectivity index (χ1) is 15.1. The van der Waals surface area contributed by atoms with Gasteiger partial charge in [0.25, 0.3) is 10.0 Å². The molecule has 0 spiro atoms. The van der Waals surface area contributed by atoms with Gasteiger partial charge in [0.15, 0.2) is 0 Å². The summed E-state index contributed by atoms with van der Waals surface area (Å²) >= 11 is 18.1. The van der Waals surface area contributed by atoms with Gasteiger partial charge in [0.2, 0.25) is 0 Å². The van der Waals surface area contributed by atoms with E-state index in [4.69, 9.17) is 44.3 Å². The molecule has 0 saturated carbocycles. The molecule has 0 unspecified atom stereocenters. The van der Waals surface area contributed by atoms with E-state index in [2.05, 4.69) is 4.72 Å². The van der Waals surface area contributed by atoms with Crippen LogP contribution in [0.3, 0.4) is 0 Å². The molecule has 3 aromatic carbocycles. The Bertz CT molecular complexity index is 1180. The number of nitrogens with zero attached hydrogens (tertiary/aromatic N) is 1. The molecule has 0 aliphatic heterocycles. The lowest BCUT2D eigenvalue weighted by Crippen LogP contribution is -2.19. The summed E-state index contributed by atoms with van der Waals surface area (Å²) in [5, 5.41) is 1.20. The van der Waals surface area contributed by atoms with Crippen LogP contribution in [0, 0.1) is 0 Å². The average molecular weight is 516 g/mol. The van der Waals surface area contributed by atoms with E-state index in [-0.39, 0.29) is 4.90 Å². The van der Waals surface area contributed by atoms with E-state index in [1.807, 2.05) is 19.0 Å². The van der Waals surface area contributed by atoms with Crippen LogP contribution in [0.4, 0.5) is 5.69 Å². The predicted octanol–water partition coefficient (Wildman–Crippen LogP) is 6.18. The van der Waals surface area contributed by atoms with Crippen LogP contribution < -0.4 is 14.2 Å². The number of nitrogens with one attached hydrogen (secondary N) is 1. The third-order valence-corrected chi connectivity index (χ3v) is 6.29. The van der Waals surface area contributed by atoms with E-state index in [9.17, 15) is 8.42 Å². The molecular formula is C22H21Cl3N2O4S. The number of likely N-dealkylation sites (N-methyl/N-ethyl adjacent to an activating group) is 1. The summed E-state index contributed by atoms with van der Waals surface area (Å²) < 4.78 is 39.8. The molecule has 0 fully saturated rings. The van der Waals surface area contributed by atoms with E-state index >= 15 is 0 Å². The van der Waals surface area contributed by atoms with Crippen molar-refractivity contribution in [2.75, 3.05) is 32.0 Å². The number of ether oxygens (including phenoxy) is 2. The van der Waals surface area contributed by atoms with Crippen LogP contribution in [-0.2, 0) is 10.0 Å². The minimum absolute atomic E-state index is 0.0214. The van der Waals surface area contributed by atoms with Gasteiger partial charge in [-0.25, -0.2) is 8.42 Å². The normalized spacial score (nSPS) is 11.4. The third-order valence-electron chi connectivity index (χ3n) is 4.17. The number of sulfonamides is 1. The second-order valence-electron chi connectivity index (χ2n) is 7.08. The van der Waals surface area contributed by atoms with Crippen LogP contribution in [0.2, 0.25) is 15.1 Å². The second-order valence-corrected chi connectivity index (χ2v) is 10.0. The van der Waals surface area contributed by atoms with Crippen molar-refractivity contribution in [1.29, 1.82) is 0 Å². The van der Waals surface area contributed by atoms with Crippen molar-refractivity contribution in [1.82, 2.24) is 4.90 Å². The van der Waals surface area contributed by atoms with Crippen LogP contribution >= 0.6 is 34.8 Å². The van der Waals surface area contributed by atoms with Gasteiger partial charge in [0.1, 0.15) is 23.9 Å². The van der Waals surface area contributed by atoms with Crippen molar-refractivity contribution in [3.8, 4) is 17.2 Å². The summed E-state index contributed by atoms with van der Waals surface area (Å²) in [7, 11) is -0.0471. The Hall–Kier alpha value is -2.16. The smallest absolute Gasteiger partial charge is 0.262 e. The Kier molecular flexibility index (Phi) is 8.14. The lowest BCUT2D eigenvalue weighted by atomic mass is 10.3. The molecule has 0 aliphatic rings. The summed E-state index contributed by atoms with van der Waals surface area (Å²) in [6.07, 6.45) is 0. The van der Waals surface area contributed by atoms with E-state index in [1.165, 1.54) is 12.1 Å². The zero-order chi connectivity index (χ0) is 23.3. The number of anilines is 1. The van der Waals surface area contributed by atoms with Crippen molar-refractivity contribution in [3.05, 3.63) is 75.7 Å². The molecule has 1 N–H and O–H groups in total. The lowest BCUT2D eigenvalue weighted by molar-refractivity contribution is 0.261. The zero-order valence-electron chi connectivity index (χ0n) is 17.3. The number of hydrogen-bond acceptors (Lipinski definition) is 5. The highest BCUT2D eigenvalue weighted by Crippen LogP contribution is 2.31. The highest BCUT2D eigenvalue weighted by atomic mass is 35.5. The molecule has 6 nitrogen and oxygen atoms in total. The van der Waals surface area contributed by atoms with Crippen LogP contribution in [0.5, 0.6) is 17.2 Å². The number of rotatable bonds is 9. The maximum Gasteiger partial charge on any atom is 0.262 e. The fraction of sp³-hybridized carbons (Fsp3) is 0.182. The predicted molar refractivity (Wildman–Crippen MR) is 129 cm³/mol. The van der Waals surface area contributed by atoms with Gasteiger partial charge in [-0.05, 0) is 56.6 Å². The number of halogens is 3. The van der Waals surface area contributed by atoms with Crippen LogP contribution in [0.1, 0.15) is 0 Å². The Morgan fingerprint density at radius 1 is 0.906 bits per heavy atom.